The molecule has 1 aromatic heterocycles. The molecule has 5 heteroatoms. The first-order valence-corrected chi connectivity index (χ1v) is 5.95. The third-order valence-electron chi connectivity index (χ3n) is 3.11. The zero-order valence-corrected chi connectivity index (χ0v) is 10.1. The molecule has 2 N–H and O–H groups in total. The van der Waals surface area contributed by atoms with Gasteiger partial charge in [-0.3, -0.25) is 0 Å². The first-order valence-electron chi connectivity index (χ1n) is 5.95. The number of carboxylic acids is 1. The van der Waals surface area contributed by atoms with E-state index in [2.05, 4.69) is 22.2 Å². The van der Waals surface area contributed by atoms with Crippen molar-refractivity contribution in [2.45, 2.75) is 39.2 Å². The van der Waals surface area contributed by atoms with Crippen molar-refractivity contribution in [2.24, 2.45) is 5.92 Å². The van der Waals surface area contributed by atoms with Gasteiger partial charge < -0.3 is 10.4 Å². The summed E-state index contributed by atoms with van der Waals surface area (Å²) < 4.78 is 0. The van der Waals surface area contributed by atoms with Crippen molar-refractivity contribution < 1.29 is 9.90 Å². The number of aromatic nitrogens is 2. The van der Waals surface area contributed by atoms with E-state index < -0.39 is 5.97 Å². The van der Waals surface area contributed by atoms with Crippen LogP contribution in [0.4, 0.5) is 5.95 Å². The largest absolute Gasteiger partial charge is 0.478 e. The van der Waals surface area contributed by atoms with E-state index in [9.17, 15) is 4.79 Å². The van der Waals surface area contributed by atoms with Crippen LogP contribution in [0, 0.1) is 12.8 Å². The molecule has 17 heavy (non-hydrogen) atoms. The van der Waals surface area contributed by atoms with Gasteiger partial charge in [0, 0.05) is 12.2 Å². The molecule has 0 radical (unpaired) electrons. The highest BCUT2D eigenvalue weighted by atomic mass is 16.4. The lowest BCUT2D eigenvalue weighted by molar-refractivity contribution is 0.0695. The fourth-order valence-corrected chi connectivity index (χ4v) is 2.03. The highest BCUT2D eigenvalue weighted by molar-refractivity contribution is 5.88. The van der Waals surface area contributed by atoms with Crippen molar-refractivity contribution >= 4 is 11.9 Å². The summed E-state index contributed by atoms with van der Waals surface area (Å²) in [5.41, 5.74) is 0.666. The summed E-state index contributed by atoms with van der Waals surface area (Å²) in [6, 6.07) is 0.463. The normalized spacial score (nSPS) is 22.2. The molecule has 2 unspecified atom stereocenters. The fraction of sp³-hybridized carbons (Fsp3) is 0.583. The van der Waals surface area contributed by atoms with Gasteiger partial charge in [-0.1, -0.05) is 13.3 Å². The Morgan fingerprint density at radius 3 is 3.00 bits per heavy atom. The van der Waals surface area contributed by atoms with Gasteiger partial charge in [0.05, 0.1) is 11.3 Å². The molecule has 1 heterocycles. The standard InChI is InChI=1S/C12H17N3O2/c1-3-4-8-5-10(8)15-12-13-6-9(11(16)17)7(2)14-12/h6,8,10H,3-5H2,1-2H3,(H,16,17)(H,13,14,15). The molecule has 0 amide bonds. The van der Waals surface area contributed by atoms with Crippen LogP contribution in [0.15, 0.2) is 6.20 Å². The van der Waals surface area contributed by atoms with E-state index in [0.717, 1.165) is 12.3 Å². The topological polar surface area (TPSA) is 75.1 Å². The third kappa shape index (κ3) is 2.72. The second-order valence-corrected chi connectivity index (χ2v) is 4.53. The van der Waals surface area contributed by atoms with E-state index in [0.29, 0.717) is 17.7 Å². The summed E-state index contributed by atoms with van der Waals surface area (Å²) in [5, 5.41) is 12.1. The molecule has 2 rings (SSSR count). The summed E-state index contributed by atoms with van der Waals surface area (Å²) in [6.07, 6.45) is 4.95. The van der Waals surface area contributed by atoms with E-state index in [1.165, 1.54) is 19.0 Å². The average molecular weight is 235 g/mol. The van der Waals surface area contributed by atoms with Gasteiger partial charge in [-0.2, -0.15) is 0 Å². The molecule has 0 aliphatic heterocycles. The van der Waals surface area contributed by atoms with Crippen LogP contribution < -0.4 is 5.32 Å². The maximum Gasteiger partial charge on any atom is 0.339 e. The van der Waals surface area contributed by atoms with Crippen molar-refractivity contribution in [3.63, 3.8) is 0 Å². The van der Waals surface area contributed by atoms with Crippen LogP contribution in [0.3, 0.4) is 0 Å². The van der Waals surface area contributed by atoms with Crippen LogP contribution in [0.1, 0.15) is 42.2 Å². The van der Waals surface area contributed by atoms with Crippen molar-refractivity contribution in [1.29, 1.82) is 0 Å². The number of nitrogens with zero attached hydrogens (tertiary/aromatic N) is 2. The Kier molecular flexibility index (Phi) is 3.26. The number of anilines is 1. The number of aromatic carboxylic acids is 1. The molecule has 92 valence electrons. The lowest BCUT2D eigenvalue weighted by Gasteiger charge is -2.06. The Hall–Kier alpha value is -1.65. The van der Waals surface area contributed by atoms with Gasteiger partial charge >= 0.3 is 5.97 Å². The van der Waals surface area contributed by atoms with E-state index in [4.69, 9.17) is 5.11 Å². The minimum atomic E-state index is -0.982. The smallest absolute Gasteiger partial charge is 0.339 e. The van der Waals surface area contributed by atoms with Gasteiger partial charge in [-0.15, -0.1) is 0 Å². The Bertz CT molecular complexity index is 434. The molecular weight excluding hydrogens is 218 g/mol. The lowest BCUT2D eigenvalue weighted by Crippen LogP contribution is -2.11. The number of carbonyl (C=O) groups is 1. The Labute approximate surface area is 100 Å². The van der Waals surface area contributed by atoms with Gasteiger partial charge in [0.1, 0.15) is 0 Å². The van der Waals surface area contributed by atoms with Gasteiger partial charge in [0.25, 0.3) is 0 Å². The van der Waals surface area contributed by atoms with Crippen molar-refractivity contribution in [3.8, 4) is 0 Å². The highest BCUT2D eigenvalue weighted by Gasteiger charge is 2.36. The zero-order chi connectivity index (χ0) is 12.4. The molecule has 1 saturated carbocycles. The lowest BCUT2D eigenvalue weighted by atomic mass is 10.2. The SMILES string of the molecule is CCCC1CC1Nc1ncc(C(=O)O)c(C)n1. The van der Waals surface area contributed by atoms with Crippen molar-refractivity contribution in [3.05, 3.63) is 17.5 Å². The molecule has 5 nitrogen and oxygen atoms in total. The van der Waals surface area contributed by atoms with Gasteiger partial charge in [0.15, 0.2) is 0 Å². The van der Waals surface area contributed by atoms with Crippen LogP contribution in [0.2, 0.25) is 0 Å². The molecule has 0 saturated heterocycles. The summed E-state index contributed by atoms with van der Waals surface area (Å²) in [6.45, 7) is 3.87. The summed E-state index contributed by atoms with van der Waals surface area (Å²) in [4.78, 5) is 19.0. The van der Waals surface area contributed by atoms with Crippen LogP contribution in [-0.4, -0.2) is 27.1 Å². The Balaban J connectivity index is 1.99. The molecule has 1 aromatic rings. The van der Waals surface area contributed by atoms with Gasteiger partial charge in [0.2, 0.25) is 5.95 Å². The van der Waals surface area contributed by atoms with Crippen LogP contribution in [-0.2, 0) is 0 Å². The minimum absolute atomic E-state index is 0.163. The van der Waals surface area contributed by atoms with Gasteiger partial charge in [-0.05, 0) is 25.7 Å². The molecular formula is C12H17N3O2. The molecule has 1 fully saturated rings. The predicted octanol–water partition coefficient (Wildman–Crippen LogP) is 2.08. The van der Waals surface area contributed by atoms with E-state index in [1.54, 1.807) is 6.92 Å². The molecule has 1 aliphatic rings. The zero-order valence-electron chi connectivity index (χ0n) is 10.1. The third-order valence-corrected chi connectivity index (χ3v) is 3.11. The maximum absolute atomic E-state index is 10.8. The van der Waals surface area contributed by atoms with Crippen LogP contribution >= 0.6 is 0 Å². The second-order valence-electron chi connectivity index (χ2n) is 4.53. The first-order chi connectivity index (χ1) is 8.11. The number of carboxylic acid groups (broad SMARTS) is 1. The number of rotatable bonds is 5. The average Bonchev–Trinajstić information content (AvgIpc) is 2.96. The molecule has 1 aliphatic carbocycles. The van der Waals surface area contributed by atoms with Crippen molar-refractivity contribution in [2.75, 3.05) is 5.32 Å². The number of hydrogen-bond donors (Lipinski definition) is 2. The van der Waals surface area contributed by atoms with E-state index >= 15 is 0 Å². The fourth-order valence-electron chi connectivity index (χ4n) is 2.03. The quantitative estimate of drug-likeness (QED) is 0.817. The summed E-state index contributed by atoms with van der Waals surface area (Å²) in [7, 11) is 0. The van der Waals surface area contributed by atoms with E-state index in [1.807, 2.05) is 0 Å². The minimum Gasteiger partial charge on any atom is -0.478 e. The Morgan fingerprint density at radius 2 is 2.41 bits per heavy atom. The Morgan fingerprint density at radius 1 is 1.65 bits per heavy atom. The molecule has 0 spiro atoms. The summed E-state index contributed by atoms with van der Waals surface area (Å²) in [5.74, 6) is 0.281. The molecule has 0 aromatic carbocycles. The molecule has 0 bridgehead atoms. The first kappa shape index (κ1) is 11.8. The molecule has 2 atom stereocenters. The number of nitrogens with one attached hydrogen (secondary N) is 1. The van der Waals surface area contributed by atoms with Gasteiger partial charge in [-0.25, -0.2) is 14.8 Å². The van der Waals surface area contributed by atoms with Crippen LogP contribution in [0.5, 0.6) is 0 Å². The van der Waals surface area contributed by atoms with E-state index in [-0.39, 0.29) is 5.56 Å². The number of aryl methyl sites for hydroxylation is 1. The summed E-state index contributed by atoms with van der Waals surface area (Å²) >= 11 is 0. The highest BCUT2D eigenvalue weighted by Crippen LogP contribution is 2.36. The second kappa shape index (κ2) is 4.69. The monoisotopic (exact) mass is 235 g/mol. The number of hydrogen-bond acceptors (Lipinski definition) is 4. The maximum atomic E-state index is 10.8. The van der Waals surface area contributed by atoms with Crippen LogP contribution in [0.25, 0.3) is 0 Å². The van der Waals surface area contributed by atoms with Crippen molar-refractivity contribution in [1.82, 2.24) is 9.97 Å². The predicted molar refractivity (Wildman–Crippen MR) is 64.2 cm³/mol.